The van der Waals surface area contributed by atoms with Crippen LogP contribution in [0.3, 0.4) is 0 Å². The molecule has 0 saturated heterocycles. The maximum Gasteiger partial charge on any atom is 0.265 e. The Balaban J connectivity index is 1.70. The number of rotatable bonds is 4. The summed E-state index contributed by atoms with van der Waals surface area (Å²) in [5, 5.41) is 3.90. The van der Waals surface area contributed by atoms with Crippen molar-refractivity contribution in [1.82, 2.24) is 4.98 Å². The Labute approximate surface area is 154 Å². The van der Waals surface area contributed by atoms with Crippen molar-refractivity contribution in [1.29, 1.82) is 0 Å². The van der Waals surface area contributed by atoms with Gasteiger partial charge in [-0.2, -0.15) is 0 Å². The van der Waals surface area contributed by atoms with Gasteiger partial charge in [-0.3, -0.25) is 9.78 Å². The Kier molecular flexibility index (Phi) is 4.94. The number of fused-ring (bicyclic) bond motifs is 1. The maximum atomic E-state index is 12.5. The fourth-order valence-corrected chi connectivity index (χ4v) is 2.73. The summed E-state index contributed by atoms with van der Waals surface area (Å²) in [4.78, 5) is 16.9. The first-order chi connectivity index (χ1) is 12.3. The topological polar surface area (TPSA) is 51.2 Å². The molecule has 0 aliphatic carbocycles. The zero-order chi connectivity index (χ0) is 18.7. The number of carbonyl (C=O) groups excluding carboxylic acids is 1. The first kappa shape index (κ1) is 17.9. The molecule has 1 heterocycles. The predicted molar refractivity (Wildman–Crippen MR) is 106 cm³/mol. The van der Waals surface area contributed by atoms with E-state index in [0.717, 1.165) is 10.9 Å². The number of carbonyl (C=O) groups is 1. The Morgan fingerprint density at radius 1 is 1.04 bits per heavy atom. The number of amides is 1. The van der Waals surface area contributed by atoms with Crippen LogP contribution in [-0.2, 0) is 10.2 Å². The summed E-state index contributed by atoms with van der Waals surface area (Å²) >= 11 is 0. The second-order valence-electron chi connectivity index (χ2n) is 7.40. The lowest BCUT2D eigenvalue weighted by atomic mass is 9.87. The molecule has 0 spiro atoms. The number of hydrogen-bond donors (Lipinski definition) is 1. The molecule has 1 aromatic heterocycles. The maximum absolute atomic E-state index is 12.5. The molecule has 3 aromatic rings. The number of nitrogens with zero attached hydrogens (tertiary/aromatic N) is 1. The van der Waals surface area contributed by atoms with E-state index in [1.807, 2.05) is 54.6 Å². The number of hydrogen-bond acceptors (Lipinski definition) is 3. The molecule has 0 aliphatic rings. The largest absolute Gasteiger partial charge is 0.481 e. The first-order valence-corrected chi connectivity index (χ1v) is 8.76. The van der Waals surface area contributed by atoms with Gasteiger partial charge in [0.2, 0.25) is 0 Å². The average Bonchev–Trinajstić information content (AvgIpc) is 2.61. The molecule has 134 valence electrons. The van der Waals surface area contributed by atoms with Crippen molar-refractivity contribution in [2.24, 2.45) is 0 Å². The van der Waals surface area contributed by atoms with Crippen molar-refractivity contribution in [3.8, 4) is 5.75 Å². The van der Waals surface area contributed by atoms with Gasteiger partial charge in [0.15, 0.2) is 6.10 Å². The minimum absolute atomic E-state index is 0.0862. The van der Waals surface area contributed by atoms with Crippen molar-refractivity contribution in [2.75, 3.05) is 5.32 Å². The van der Waals surface area contributed by atoms with Gasteiger partial charge in [0.1, 0.15) is 5.75 Å². The molecule has 1 amide bonds. The van der Waals surface area contributed by atoms with E-state index in [0.29, 0.717) is 11.4 Å². The summed E-state index contributed by atoms with van der Waals surface area (Å²) < 4.78 is 5.80. The summed E-state index contributed by atoms with van der Waals surface area (Å²) in [5.74, 6) is 0.472. The Morgan fingerprint density at radius 2 is 1.73 bits per heavy atom. The van der Waals surface area contributed by atoms with Gasteiger partial charge in [0.05, 0.1) is 11.2 Å². The van der Waals surface area contributed by atoms with Crippen LogP contribution >= 0.6 is 0 Å². The summed E-state index contributed by atoms with van der Waals surface area (Å²) in [6.45, 7) is 8.23. The van der Waals surface area contributed by atoms with Crippen molar-refractivity contribution in [2.45, 2.75) is 39.2 Å². The second-order valence-corrected chi connectivity index (χ2v) is 7.40. The summed E-state index contributed by atoms with van der Waals surface area (Å²) in [6.07, 6.45) is 1.10. The van der Waals surface area contributed by atoms with Gasteiger partial charge in [-0.05, 0) is 42.2 Å². The lowest BCUT2D eigenvalue weighted by Gasteiger charge is -2.20. The molecule has 0 aliphatic heterocycles. The minimum atomic E-state index is -0.616. The van der Waals surface area contributed by atoms with Crippen LogP contribution in [-0.4, -0.2) is 17.0 Å². The highest BCUT2D eigenvalue weighted by Crippen LogP contribution is 2.25. The van der Waals surface area contributed by atoms with Gasteiger partial charge in [-0.25, -0.2) is 0 Å². The molecule has 1 atom stereocenters. The molecular weight excluding hydrogens is 324 g/mol. The Hall–Kier alpha value is -2.88. The van der Waals surface area contributed by atoms with Crippen LogP contribution in [0.5, 0.6) is 5.75 Å². The quantitative estimate of drug-likeness (QED) is 0.727. The predicted octanol–water partition coefficient (Wildman–Crippen LogP) is 4.94. The third kappa shape index (κ3) is 4.02. The third-order valence-corrected chi connectivity index (χ3v) is 4.29. The molecule has 4 nitrogen and oxygen atoms in total. The van der Waals surface area contributed by atoms with E-state index in [2.05, 4.69) is 31.1 Å². The van der Waals surface area contributed by atoms with Crippen molar-refractivity contribution < 1.29 is 9.53 Å². The molecule has 0 bridgehead atoms. The zero-order valence-corrected chi connectivity index (χ0v) is 15.6. The highest BCUT2D eigenvalue weighted by molar-refractivity contribution is 6.01. The highest BCUT2D eigenvalue weighted by Gasteiger charge is 2.17. The van der Waals surface area contributed by atoms with E-state index < -0.39 is 6.10 Å². The van der Waals surface area contributed by atoms with Crippen LogP contribution in [0.4, 0.5) is 5.69 Å². The number of para-hydroxylation sites is 1. The normalized spacial score (nSPS) is 12.6. The molecule has 3 rings (SSSR count). The second kappa shape index (κ2) is 7.16. The third-order valence-electron chi connectivity index (χ3n) is 4.29. The summed E-state index contributed by atoms with van der Waals surface area (Å²) in [6, 6.07) is 17.4. The Bertz CT molecular complexity index is 906. The molecule has 1 N–H and O–H groups in total. The van der Waals surface area contributed by atoms with Gasteiger partial charge in [0, 0.05) is 11.6 Å². The molecule has 2 aromatic carbocycles. The number of anilines is 1. The fourth-order valence-electron chi connectivity index (χ4n) is 2.73. The van der Waals surface area contributed by atoms with Crippen LogP contribution in [0.15, 0.2) is 60.8 Å². The van der Waals surface area contributed by atoms with Crippen LogP contribution in [0.2, 0.25) is 0 Å². The van der Waals surface area contributed by atoms with Crippen molar-refractivity contribution >= 4 is 22.5 Å². The van der Waals surface area contributed by atoms with Gasteiger partial charge in [-0.15, -0.1) is 0 Å². The van der Waals surface area contributed by atoms with Crippen LogP contribution in [0.25, 0.3) is 10.9 Å². The average molecular weight is 348 g/mol. The molecule has 4 heteroatoms. The lowest BCUT2D eigenvalue weighted by Crippen LogP contribution is -2.30. The molecular formula is C22H24N2O2. The number of aromatic nitrogens is 1. The first-order valence-electron chi connectivity index (χ1n) is 8.76. The van der Waals surface area contributed by atoms with E-state index in [-0.39, 0.29) is 11.3 Å². The summed E-state index contributed by atoms with van der Waals surface area (Å²) in [5.41, 5.74) is 2.77. The number of nitrogens with one attached hydrogen (secondary N) is 1. The Morgan fingerprint density at radius 3 is 2.42 bits per heavy atom. The van der Waals surface area contributed by atoms with Crippen LogP contribution < -0.4 is 10.1 Å². The molecule has 0 radical (unpaired) electrons. The lowest BCUT2D eigenvalue weighted by molar-refractivity contribution is -0.122. The molecule has 0 saturated carbocycles. The van der Waals surface area contributed by atoms with Crippen LogP contribution in [0.1, 0.15) is 33.3 Å². The van der Waals surface area contributed by atoms with E-state index in [1.165, 1.54) is 5.56 Å². The fraction of sp³-hybridized carbons (Fsp3) is 0.273. The number of benzene rings is 2. The number of ether oxygens (including phenoxy) is 1. The van der Waals surface area contributed by atoms with Gasteiger partial charge >= 0.3 is 0 Å². The van der Waals surface area contributed by atoms with E-state index in [4.69, 9.17) is 4.74 Å². The SMILES string of the molecule is C[C@@H](Oc1ccc(C(C)(C)C)cc1)C(=O)Nc1cccc2cccnc12. The molecule has 26 heavy (non-hydrogen) atoms. The monoisotopic (exact) mass is 348 g/mol. The summed E-state index contributed by atoms with van der Waals surface area (Å²) in [7, 11) is 0. The molecule has 0 unspecified atom stereocenters. The minimum Gasteiger partial charge on any atom is -0.481 e. The number of pyridine rings is 1. The van der Waals surface area contributed by atoms with E-state index >= 15 is 0 Å². The van der Waals surface area contributed by atoms with Gasteiger partial charge in [0.25, 0.3) is 5.91 Å². The van der Waals surface area contributed by atoms with Gasteiger partial charge in [-0.1, -0.05) is 51.1 Å². The van der Waals surface area contributed by atoms with Crippen LogP contribution in [0, 0.1) is 0 Å². The van der Waals surface area contributed by atoms with Crippen molar-refractivity contribution in [3.63, 3.8) is 0 Å². The van der Waals surface area contributed by atoms with Crippen molar-refractivity contribution in [3.05, 3.63) is 66.4 Å². The van der Waals surface area contributed by atoms with Gasteiger partial charge < -0.3 is 10.1 Å². The molecule has 0 fully saturated rings. The smallest absolute Gasteiger partial charge is 0.265 e. The highest BCUT2D eigenvalue weighted by atomic mass is 16.5. The zero-order valence-electron chi connectivity index (χ0n) is 15.6. The van der Waals surface area contributed by atoms with E-state index in [9.17, 15) is 4.79 Å². The van der Waals surface area contributed by atoms with E-state index in [1.54, 1.807) is 13.1 Å². The standard InChI is InChI=1S/C22H24N2O2/c1-15(26-18-12-10-17(11-13-18)22(2,3)4)21(25)24-19-9-5-7-16-8-6-14-23-20(16)19/h5-15H,1-4H3,(H,24,25)/t15-/m1/s1.